The van der Waals surface area contributed by atoms with Gasteiger partial charge < -0.3 is 4.74 Å². The molecule has 0 spiro atoms. The van der Waals surface area contributed by atoms with Crippen LogP contribution in [0.3, 0.4) is 0 Å². The second-order valence-corrected chi connectivity index (χ2v) is 4.44. The molecule has 0 aliphatic carbocycles. The van der Waals surface area contributed by atoms with Crippen LogP contribution in [0.4, 0.5) is 0 Å². The maximum Gasteiger partial charge on any atom is 0.214 e. The smallest absolute Gasteiger partial charge is 0.214 e. The first-order chi connectivity index (χ1) is 9.85. The van der Waals surface area contributed by atoms with Crippen LogP contribution in [0.25, 0.3) is 10.8 Å². The SMILES string of the molecule is N#Cc1cccc(OCc2ccc3ccccc3c2)n1. The minimum Gasteiger partial charge on any atom is -0.473 e. The third-order valence-electron chi connectivity index (χ3n) is 3.04. The molecule has 0 fully saturated rings. The van der Waals surface area contributed by atoms with Gasteiger partial charge in [-0.2, -0.15) is 5.26 Å². The maximum absolute atomic E-state index is 8.80. The van der Waals surface area contributed by atoms with Crippen LogP contribution in [-0.2, 0) is 6.61 Å². The Morgan fingerprint density at radius 3 is 2.65 bits per heavy atom. The van der Waals surface area contributed by atoms with Crippen molar-refractivity contribution in [2.24, 2.45) is 0 Å². The summed E-state index contributed by atoms with van der Waals surface area (Å²) in [4.78, 5) is 4.09. The van der Waals surface area contributed by atoms with Crippen LogP contribution in [0.15, 0.2) is 60.7 Å². The van der Waals surface area contributed by atoms with Crippen LogP contribution < -0.4 is 4.74 Å². The van der Waals surface area contributed by atoms with Crippen molar-refractivity contribution in [3.63, 3.8) is 0 Å². The van der Waals surface area contributed by atoms with Crippen LogP contribution in [0.5, 0.6) is 5.88 Å². The van der Waals surface area contributed by atoms with E-state index in [-0.39, 0.29) is 0 Å². The number of hydrogen-bond donors (Lipinski definition) is 0. The lowest BCUT2D eigenvalue weighted by Crippen LogP contribution is -1.98. The monoisotopic (exact) mass is 260 g/mol. The second kappa shape index (κ2) is 5.41. The van der Waals surface area contributed by atoms with E-state index in [2.05, 4.69) is 29.2 Å². The number of nitriles is 1. The summed E-state index contributed by atoms with van der Waals surface area (Å²) >= 11 is 0. The lowest BCUT2D eigenvalue weighted by molar-refractivity contribution is 0.294. The quantitative estimate of drug-likeness (QED) is 0.721. The molecular weight excluding hydrogens is 248 g/mol. The van der Waals surface area contributed by atoms with E-state index >= 15 is 0 Å². The van der Waals surface area contributed by atoms with E-state index < -0.39 is 0 Å². The summed E-state index contributed by atoms with van der Waals surface area (Å²) in [6.45, 7) is 0.437. The number of fused-ring (bicyclic) bond motifs is 1. The van der Waals surface area contributed by atoms with E-state index in [1.165, 1.54) is 10.8 Å². The molecule has 0 aliphatic heterocycles. The van der Waals surface area contributed by atoms with Gasteiger partial charge >= 0.3 is 0 Å². The zero-order valence-electron chi connectivity index (χ0n) is 10.8. The van der Waals surface area contributed by atoms with Gasteiger partial charge in [0.25, 0.3) is 0 Å². The third-order valence-corrected chi connectivity index (χ3v) is 3.04. The zero-order valence-corrected chi connectivity index (χ0v) is 10.8. The predicted octanol–water partition coefficient (Wildman–Crippen LogP) is 3.69. The van der Waals surface area contributed by atoms with Gasteiger partial charge in [0.2, 0.25) is 5.88 Å². The summed E-state index contributed by atoms with van der Waals surface area (Å²) in [7, 11) is 0. The Labute approximate surface area is 117 Å². The molecule has 3 nitrogen and oxygen atoms in total. The van der Waals surface area contributed by atoms with Gasteiger partial charge in [-0.3, -0.25) is 0 Å². The van der Waals surface area contributed by atoms with Crippen LogP contribution in [0, 0.1) is 11.3 Å². The molecule has 0 amide bonds. The molecule has 96 valence electrons. The molecule has 0 saturated carbocycles. The maximum atomic E-state index is 8.80. The molecule has 0 atom stereocenters. The van der Waals surface area contributed by atoms with Crippen molar-refractivity contribution >= 4 is 10.8 Å². The van der Waals surface area contributed by atoms with E-state index in [0.29, 0.717) is 18.2 Å². The summed E-state index contributed by atoms with van der Waals surface area (Å²) < 4.78 is 5.62. The van der Waals surface area contributed by atoms with Gasteiger partial charge in [-0.05, 0) is 28.5 Å². The van der Waals surface area contributed by atoms with Crippen LogP contribution >= 0.6 is 0 Å². The van der Waals surface area contributed by atoms with E-state index in [1.807, 2.05) is 24.3 Å². The molecule has 3 aromatic rings. The van der Waals surface area contributed by atoms with Gasteiger partial charge in [-0.25, -0.2) is 4.98 Å². The highest BCUT2D eigenvalue weighted by atomic mass is 16.5. The highest BCUT2D eigenvalue weighted by Crippen LogP contribution is 2.17. The molecule has 1 heterocycles. The van der Waals surface area contributed by atoms with Crippen molar-refractivity contribution in [3.8, 4) is 11.9 Å². The van der Waals surface area contributed by atoms with Crippen molar-refractivity contribution in [2.75, 3.05) is 0 Å². The minimum atomic E-state index is 0.362. The molecule has 20 heavy (non-hydrogen) atoms. The van der Waals surface area contributed by atoms with E-state index in [9.17, 15) is 0 Å². The largest absolute Gasteiger partial charge is 0.473 e. The number of benzene rings is 2. The Hall–Kier alpha value is -2.86. The van der Waals surface area contributed by atoms with Crippen molar-refractivity contribution in [1.29, 1.82) is 5.26 Å². The first kappa shape index (κ1) is 12.2. The molecule has 1 aromatic heterocycles. The Balaban J connectivity index is 1.78. The Bertz CT molecular complexity index is 790. The van der Waals surface area contributed by atoms with Gasteiger partial charge in [0, 0.05) is 6.07 Å². The first-order valence-corrected chi connectivity index (χ1v) is 6.33. The lowest BCUT2D eigenvalue weighted by atomic mass is 10.1. The first-order valence-electron chi connectivity index (χ1n) is 6.33. The van der Waals surface area contributed by atoms with E-state index in [1.54, 1.807) is 18.2 Å². The fraction of sp³-hybridized carbons (Fsp3) is 0.0588. The Morgan fingerprint density at radius 1 is 0.950 bits per heavy atom. The Kier molecular flexibility index (Phi) is 3.30. The normalized spacial score (nSPS) is 10.2. The number of pyridine rings is 1. The zero-order chi connectivity index (χ0) is 13.8. The fourth-order valence-electron chi connectivity index (χ4n) is 2.04. The number of aromatic nitrogens is 1. The van der Waals surface area contributed by atoms with Crippen molar-refractivity contribution in [2.45, 2.75) is 6.61 Å². The average Bonchev–Trinajstić information content (AvgIpc) is 2.53. The van der Waals surface area contributed by atoms with Crippen LogP contribution in [0.2, 0.25) is 0 Å². The van der Waals surface area contributed by atoms with Crippen molar-refractivity contribution < 1.29 is 4.74 Å². The van der Waals surface area contributed by atoms with Gasteiger partial charge in [0.1, 0.15) is 18.4 Å². The van der Waals surface area contributed by atoms with Crippen LogP contribution in [-0.4, -0.2) is 4.98 Å². The van der Waals surface area contributed by atoms with Gasteiger partial charge in [-0.15, -0.1) is 0 Å². The number of rotatable bonds is 3. The Morgan fingerprint density at radius 2 is 1.80 bits per heavy atom. The van der Waals surface area contributed by atoms with E-state index in [4.69, 9.17) is 10.00 Å². The highest BCUT2D eigenvalue weighted by molar-refractivity contribution is 5.82. The molecule has 0 bridgehead atoms. The topological polar surface area (TPSA) is 45.9 Å². The van der Waals surface area contributed by atoms with Gasteiger partial charge in [0.15, 0.2) is 0 Å². The fourth-order valence-corrected chi connectivity index (χ4v) is 2.04. The lowest BCUT2D eigenvalue weighted by Gasteiger charge is -2.06. The second-order valence-electron chi connectivity index (χ2n) is 4.44. The highest BCUT2D eigenvalue weighted by Gasteiger charge is 2.00. The summed E-state index contributed by atoms with van der Waals surface area (Å²) in [5.74, 6) is 0.470. The molecule has 0 aliphatic rings. The summed E-state index contributed by atoms with van der Waals surface area (Å²) in [5, 5.41) is 11.2. The van der Waals surface area contributed by atoms with E-state index in [0.717, 1.165) is 5.56 Å². The van der Waals surface area contributed by atoms with Crippen molar-refractivity contribution in [1.82, 2.24) is 4.98 Å². The summed E-state index contributed by atoms with van der Waals surface area (Å²) in [5.41, 5.74) is 1.44. The molecule has 0 saturated heterocycles. The average molecular weight is 260 g/mol. The minimum absolute atomic E-state index is 0.362. The van der Waals surface area contributed by atoms with Crippen molar-refractivity contribution in [3.05, 3.63) is 71.9 Å². The third kappa shape index (κ3) is 2.60. The molecule has 3 heteroatoms. The standard InChI is InChI=1S/C17H12N2O/c18-11-16-6-3-7-17(19-16)20-12-13-8-9-14-4-1-2-5-15(14)10-13/h1-10H,12H2. The number of nitrogens with zero attached hydrogens (tertiary/aromatic N) is 2. The summed E-state index contributed by atoms with van der Waals surface area (Å²) in [6, 6.07) is 21.6. The molecular formula is C17H12N2O. The number of hydrogen-bond acceptors (Lipinski definition) is 3. The molecule has 0 radical (unpaired) electrons. The molecule has 2 aromatic carbocycles. The molecule has 0 N–H and O–H groups in total. The number of ether oxygens (including phenoxy) is 1. The predicted molar refractivity (Wildman–Crippen MR) is 77.2 cm³/mol. The van der Waals surface area contributed by atoms with Gasteiger partial charge in [-0.1, -0.05) is 42.5 Å². The molecule has 3 rings (SSSR count). The van der Waals surface area contributed by atoms with Gasteiger partial charge in [0.05, 0.1) is 0 Å². The molecule has 0 unspecified atom stereocenters. The summed E-state index contributed by atoms with van der Waals surface area (Å²) in [6.07, 6.45) is 0. The van der Waals surface area contributed by atoms with Crippen LogP contribution in [0.1, 0.15) is 11.3 Å².